The number of hydrogen-bond acceptors (Lipinski definition) is 3. The van der Waals surface area contributed by atoms with Crippen LogP contribution in [-0.4, -0.2) is 16.7 Å². The molecular weight excluding hydrogens is 158 g/mol. The molecule has 10 heavy (non-hydrogen) atoms. The number of carbonyl (C=O) groups is 1. The zero-order valence-corrected chi connectivity index (χ0v) is 6.30. The van der Waals surface area contributed by atoms with E-state index in [0.29, 0.717) is 0 Å². The topological polar surface area (TPSA) is 60.2 Å². The van der Waals surface area contributed by atoms with Crippen molar-refractivity contribution in [3.63, 3.8) is 0 Å². The van der Waals surface area contributed by atoms with Gasteiger partial charge in [-0.25, -0.2) is 0 Å². The maximum Gasteiger partial charge on any atom is 0.222 e. The van der Waals surface area contributed by atoms with E-state index in [1.165, 1.54) is 0 Å². The summed E-state index contributed by atoms with van der Waals surface area (Å²) in [7, 11) is 0. The van der Waals surface area contributed by atoms with Gasteiger partial charge < -0.3 is 0 Å². The summed E-state index contributed by atoms with van der Waals surface area (Å²) >= 11 is 4.99. The van der Waals surface area contributed by atoms with E-state index < -0.39 is 10.2 Å². The van der Waals surface area contributed by atoms with E-state index in [9.17, 15) is 14.9 Å². The second kappa shape index (κ2) is 4.22. The lowest BCUT2D eigenvalue weighted by Gasteiger charge is -1.99. The molecule has 0 N–H and O–H groups in total. The van der Waals surface area contributed by atoms with Crippen LogP contribution in [0.2, 0.25) is 0 Å². The summed E-state index contributed by atoms with van der Waals surface area (Å²) in [6.07, 6.45) is 0.0720. The summed E-state index contributed by atoms with van der Waals surface area (Å²) < 4.78 is 0. The van der Waals surface area contributed by atoms with Gasteiger partial charge in [0.25, 0.3) is 0 Å². The van der Waals surface area contributed by atoms with Crippen LogP contribution in [0.5, 0.6) is 0 Å². The number of carbonyl (C=O) groups excluding carboxylic acids is 1. The molecule has 5 heteroatoms. The molecule has 0 heterocycles. The molecule has 0 aliphatic rings. The lowest BCUT2D eigenvalue weighted by atomic mass is 10.1. The van der Waals surface area contributed by atoms with E-state index in [1.54, 1.807) is 6.92 Å². The van der Waals surface area contributed by atoms with Crippen molar-refractivity contribution in [3.05, 3.63) is 10.1 Å². The fourth-order valence-electron chi connectivity index (χ4n) is 0.593. The van der Waals surface area contributed by atoms with Gasteiger partial charge in [0.2, 0.25) is 11.8 Å². The molecule has 0 aromatic rings. The molecule has 0 aromatic heterocycles. The Kier molecular flexibility index (Phi) is 3.95. The van der Waals surface area contributed by atoms with Crippen LogP contribution in [0.4, 0.5) is 0 Å². The van der Waals surface area contributed by atoms with Crippen LogP contribution >= 0.6 is 11.6 Å². The van der Waals surface area contributed by atoms with E-state index in [-0.39, 0.29) is 18.9 Å². The van der Waals surface area contributed by atoms with E-state index >= 15 is 0 Å². The first kappa shape index (κ1) is 9.36. The van der Waals surface area contributed by atoms with E-state index in [2.05, 4.69) is 0 Å². The third kappa shape index (κ3) is 5.50. The summed E-state index contributed by atoms with van der Waals surface area (Å²) in [5, 5.41) is 9.32. The summed E-state index contributed by atoms with van der Waals surface area (Å²) in [5.74, 6) is -0.264. The molecule has 1 atom stereocenters. The fourth-order valence-corrected chi connectivity index (χ4v) is 0.856. The standard InChI is InChI=1S/C5H8ClNO3/c1-4(2-5(6)8)3-7(9)10/h4H,2-3H2,1H3/t4-/m0/s1. The predicted octanol–water partition coefficient (Wildman–Crippen LogP) is 1.05. The van der Waals surface area contributed by atoms with Crippen molar-refractivity contribution in [1.82, 2.24) is 0 Å². The van der Waals surface area contributed by atoms with Crippen LogP contribution in [-0.2, 0) is 4.79 Å². The van der Waals surface area contributed by atoms with Crippen LogP contribution in [0, 0.1) is 16.0 Å². The second-order valence-electron chi connectivity index (χ2n) is 2.18. The minimum absolute atomic E-state index is 0.0720. The van der Waals surface area contributed by atoms with E-state index in [1.807, 2.05) is 0 Å². The Hall–Kier alpha value is -0.640. The highest BCUT2D eigenvalue weighted by Crippen LogP contribution is 2.03. The molecular formula is C5H8ClNO3. The van der Waals surface area contributed by atoms with Crippen molar-refractivity contribution in [2.24, 2.45) is 5.92 Å². The molecule has 0 aromatic carbocycles. The highest BCUT2D eigenvalue weighted by atomic mass is 35.5. The molecule has 0 bridgehead atoms. The van der Waals surface area contributed by atoms with Crippen molar-refractivity contribution in [1.29, 1.82) is 0 Å². The van der Waals surface area contributed by atoms with E-state index in [0.717, 1.165) is 0 Å². The molecule has 0 amide bonds. The molecule has 0 saturated carbocycles. The van der Waals surface area contributed by atoms with Gasteiger partial charge in [0.05, 0.1) is 0 Å². The molecule has 0 saturated heterocycles. The molecule has 0 fully saturated rings. The Morgan fingerprint density at radius 3 is 2.60 bits per heavy atom. The summed E-state index contributed by atoms with van der Waals surface area (Å²) in [6, 6.07) is 0. The van der Waals surface area contributed by atoms with Crippen LogP contribution in [0.1, 0.15) is 13.3 Å². The summed E-state index contributed by atoms with van der Waals surface area (Å²) in [6.45, 7) is 1.42. The first-order valence-electron chi connectivity index (χ1n) is 2.82. The molecule has 0 unspecified atom stereocenters. The molecule has 4 nitrogen and oxygen atoms in total. The molecule has 0 radical (unpaired) electrons. The maximum atomic E-state index is 10.2. The lowest BCUT2D eigenvalue weighted by molar-refractivity contribution is -0.487. The monoisotopic (exact) mass is 165 g/mol. The molecule has 0 aliphatic heterocycles. The normalized spacial score (nSPS) is 12.6. The van der Waals surface area contributed by atoms with Gasteiger partial charge in [0, 0.05) is 17.3 Å². The van der Waals surface area contributed by atoms with Gasteiger partial charge in [-0.05, 0) is 11.6 Å². The van der Waals surface area contributed by atoms with Gasteiger partial charge in [-0.15, -0.1) is 0 Å². The van der Waals surface area contributed by atoms with Gasteiger partial charge in [-0.3, -0.25) is 14.9 Å². The third-order valence-corrected chi connectivity index (χ3v) is 1.12. The first-order valence-corrected chi connectivity index (χ1v) is 3.20. The average molecular weight is 166 g/mol. The van der Waals surface area contributed by atoms with Gasteiger partial charge in [0.1, 0.15) is 0 Å². The van der Waals surface area contributed by atoms with Crippen LogP contribution in [0.15, 0.2) is 0 Å². The summed E-state index contributed by atoms with van der Waals surface area (Å²) in [5.41, 5.74) is 0. The third-order valence-electron chi connectivity index (χ3n) is 0.970. The number of nitro groups is 1. The zero-order chi connectivity index (χ0) is 8.15. The average Bonchev–Trinajstić information content (AvgIpc) is 1.58. The largest absolute Gasteiger partial charge is 0.281 e. The van der Waals surface area contributed by atoms with Crippen molar-refractivity contribution in [3.8, 4) is 0 Å². The second-order valence-corrected chi connectivity index (χ2v) is 2.60. The van der Waals surface area contributed by atoms with Gasteiger partial charge in [-0.1, -0.05) is 6.92 Å². The molecule has 58 valence electrons. The summed E-state index contributed by atoms with van der Waals surface area (Å²) in [4.78, 5) is 19.6. The van der Waals surface area contributed by atoms with E-state index in [4.69, 9.17) is 11.6 Å². The molecule has 0 aliphatic carbocycles. The van der Waals surface area contributed by atoms with Gasteiger partial charge >= 0.3 is 0 Å². The highest BCUT2D eigenvalue weighted by Gasteiger charge is 2.11. The van der Waals surface area contributed by atoms with Crippen molar-refractivity contribution in [2.45, 2.75) is 13.3 Å². The number of rotatable bonds is 4. The minimum Gasteiger partial charge on any atom is -0.281 e. The number of halogens is 1. The molecule has 0 rings (SSSR count). The van der Waals surface area contributed by atoms with Crippen LogP contribution in [0.3, 0.4) is 0 Å². The van der Waals surface area contributed by atoms with Gasteiger partial charge in [0.15, 0.2) is 0 Å². The van der Waals surface area contributed by atoms with Crippen LogP contribution < -0.4 is 0 Å². The maximum absolute atomic E-state index is 10.2. The van der Waals surface area contributed by atoms with Crippen molar-refractivity contribution < 1.29 is 9.72 Å². The SMILES string of the molecule is C[C@@H](CC(=O)Cl)C[N+](=O)[O-]. The quantitative estimate of drug-likeness (QED) is 0.356. The Labute approximate surface area is 63.3 Å². The Balaban J connectivity index is 3.53. The minimum atomic E-state index is -0.519. The Bertz CT molecular complexity index is 132. The number of hydrogen-bond donors (Lipinski definition) is 0. The Morgan fingerprint density at radius 2 is 2.30 bits per heavy atom. The highest BCUT2D eigenvalue weighted by molar-refractivity contribution is 6.63. The Morgan fingerprint density at radius 1 is 1.80 bits per heavy atom. The van der Waals surface area contributed by atoms with Gasteiger partial charge in [-0.2, -0.15) is 0 Å². The first-order chi connectivity index (χ1) is 4.52. The smallest absolute Gasteiger partial charge is 0.222 e. The van der Waals surface area contributed by atoms with Crippen molar-refractivity contribution >= 4 is 16.8 Å². The number of nitrogens with zero attached hydrogens (tertiary/aromatic N) is 1. The molecule has 0 spiro atoms. The predicted molar refractivity (Wildman–Crippen MR) is 36.5 cm³/mol. The van der Waals surface area contributed by atoms with Crippen molar-refractivity contribution in [2.75, 3.05) is 6.54 Å². The van der Waals surface area contributed by atoms with Crippen LogP contribution in [0.25, 0.3) is 0 Å². The lowest BCUT2D eigenvalue weighted by Crippen LogP contribution is -2.12. The fraction of sp³-hybridized carbons (Fsp3) is 0.800. The zero-order valence-electron chi connectivity index (χ0n) is 5.54.